The lowest BCUT2D eigenvalue weighted by Gasteiger charge is -2.14. The Morgan fingerprint density at radius 2 is 1.83 bits per heavy atom. The maximum absolute atomic E-state index is 12.4. The highest BCUT2D eigenvalue weighted by Gasteiger charge is 2.20. The number of Topliss-reactive ketones (excluding diaryl/α,β-unsaturated/α-hetero) is 1. The molecule has 0 bridgehead atoms. The molecule has 1 aliphatic carbocycles. The first-order chi connectivity index (χ1) is 13.8. The minimum Gasteiger partial charge on any atom is -0.453 e. The summed E-state index contributed by atoms with van der Waals surface area (Å²) >= 11 is 11.9. The molecule has 7 heteroatoms. The number of esters is 1. The fourth-order valence-corrected chi connectivity index (χ4v) is 3.60. The van der Waals surface area contributed by atoms with Crippen LogP contribution in [0.1, 0.15) is 47.7 Å². The largest absolute Gasteiger partial charge is 0.453 e. The van der Waals surface area contributed by atoms with Gasteiger partial charge in [-0.2, -0.15) is 0 Å². The zero-order chi connectivity index (χ0) is 21.0. The Labute approximate surface area is 179 Å². The van der Waals surface area contributed by atoms with Crippen molar-refractivity contribution in [1.82, 2.24) is 0 Å². The van der Waals surface area contributed by atoms with Crippen LogP contribution >= 0.6 is 23.2 Å². The van der Waals surface area contributed by atoms with E-state index < -0.39 is 18.0 Å². The smallest absolute Gasteiger partial charge is 0.307 e. The van der Waals surface area contributed by atoms with Gasteiger partial charge >= 0.3 is 5.97 Å². The Kier molecular flexibility index (Phi) is 6.93. The van der Waals surface area contributed by atoms with Gasteiger partial charge in [0.05, 0.1) is 22.2 Å². The van der Waals surface area contributed by atoms with Crippen molar-refractivity contribution in [3.05, 3.63) is 63.1 Å². The second kappa shape index (κ2) is 9.42. The van der Waals surface area contributed by atoms with E-state index in [0.29, 0.717) is 16.3 Å². The molecule has 29 heavy (non-hydrogen) atoms. The number of ether oxygens (including phenoxy) is 1. The fourth-order valence-electron chi connectivity index (χ4n) is 3.25. The molecule has 0 aliphatic heterocycles. The van der Waals surface area contributed by atoms with Crippen molar-refractivity contribution in [1.29, 1.82) is 0 Å². The third-order valence-corrected chi connectivity index (χ3v) is 5.68. The van der Waals surface area contributed by atoms with Crippen molar-refractivity contribution < 1.29 is 19.1 Å². The van der Waals surface area contributed by atoms with E-state index in [-0.39, 0.29) is 23.6 Å². The van der Waals surface area contributed by atoms with Gasteiger partial charge in [0.2, 0.25) is 0 Å². The van der Waals surface area contributed by atoms with E-state index in [1.165, 1.54) is 18.1 Å². The number of carbonyl (C=O) groups excluding carboxylic acids is 3. The molecule has 2 aromatic rings. The summed E-state index contributed by atoms with van der Waals surface area (Å²) in [5.41, 5.74) is 3.45. The molecule has 0 heterocycles. The molecule has 0 aromatic heterocycles. The summed E-state index contributed by atoms with van der Waals surface area (Å²) in [7, 11) is 0. The second-order valence-corrected chi connectivity index (χ2v) is 7.77. The van der Waals surface area contributed by atoms with Gasteiger partial charge in [-0.3, -0.25) is 14.4 Å². The van der Waals surface area contributed by atoms with Gasteiger partial charge in [-0.05, 0) is 55.5 Å². The molecule has 1 atom stereocenters. The topological polar surface area (TPSA) is 72.5 Å². The normalized spacial score (nSPS) is 13.5. The van der Waals surface area contributed by atoms with Crippen LogP contribution in [0.5, 0.6) is 0 Å². The molecule has 1 aliphatic rings. The molecule has 0 saturated heterocycles. The maximum atomic E-state index is 12.4. The first-order valence-corrected chi connectivity index (χ1v) is 10.2. The van der Waals surface area contributed by atoms with E-state index in [9.17, 15) is 14.4 Å². The van der Waals surface area contributed by atoms with Gasteiger partial charge in [-0.25, -0.2) is 0 Å². The molecule has 3 rings (SSSR count). The highest BCUT2D eigenvalue weighted by molar-refractivity contribution is 6.44. The molecule has 0 spiro atoms. The monoisotopic (exact) mass is 433 g/mol. The third kappa shape index (κ3) is 5.37. The standard InChI is InChI=1S/C22H21Cl2NO4/c1-13(22(28)25-18-7-3-6-17(23)21(18)24)29-20(27)11-10-19(26)16-9-8-14-4-2-5-15(14)12-16/h3,6-9,12-13H,2,4-5,10-11H2,1H3,(H,25,28)/t13-/m1/s1. The Balaban J connectivity index is 1.49. The lowest BCUT2D eigenvalue weighted by Crippen LogP contribution is -2.30. The first-order valence-electron chi connectivity index (χ1n) is 9.44. The van der Waals surface area contributed by atoms with Crippen LogP contribution in [0.3, 0.4) is 0 Å². The SMILES string of the molecule is C[C@@H](OC(=O)CCC(=O)c1ccc2c(c1)CCC2)C(=O)Nc1cccc(Cl)c1Cl. The predicted molar refractivity (Wildman–Crippen MR) is 113 cm³/mol. The van der Waals surface area contributed by atoms with Gasteiger partial charge in [0.15, 0.2) is 11.9 Å². The number of hydrogen-bond donors (Lipinski definition) is 1. The molecule has 0 radical (unpaired) electrons. The Bertz CT molecular complexity index is 958. The lowest BCUT2D eigenvalue weighted by molar-refractivity contribution is -0.153. The van der Waals surface area contributed by atoms with E-state index >= 15 is 0 Å². The van der Waals surface area contributed by atoms with Crippen LogP contribution < -0.4 is 5.32 Å². The fraction of sp³-hybridized carbons (Fsp3) is 0.318. The second-order valence-electron chi connectivity index (χ2n) is 6.98. The van der Waals surface area contributed by atoms with Crippen LogP contribution in [0, 0.1) is 0 Å². The zero-order valence-corrected chi connectivity index (χ0v) is 17.5. The number of nitrogens with one attached hydrogen (secondary N) is 1. The molecular formula is C22H21Cl2NO4. The highest BCUT2D eigenvalue weighted by atomic mass is 35.5. The molecule has 1 N–H and O–H groups in total. The van der Waals surface area contributed by atoms with Crippen LogP contribution in [0.25, 0.3) is 0 Å². The average molecular weight is 434 g/mol. The number of halogens is 2. The van der Waals surface area contributed by atoms with Crippen LogP contribution in [-0.4, -0.2) is 23.8 Å². The van der Waals surface area contributed by atoms with Crippen LogP contribution in [0.15, 0.2) is 36.4 Å². The Morgan fingerprint density at radius 1 is 1.07 bits per heavy atom. The number of amides is 1. The van der Waals surface area contributed by atoms with Gasteiger partial charge in [-0.1, -0.05) is 41.4 Å². The van der Waals surface area contributed by atoms with E-state index in [2.05, 4.69) is 5.32 Å². The summed E-state index contributed by atoms with van der Waals surface area (Å²) in [6, 6.07) is 10.5. The molecule has 0 unspecified atom stereocenters. The maximum Gasteiger partial charge on any atom is 0.307 e. The zero-order valence-electron chi connectivity index (χ0n) is 16.0. The van der Waals surface area contributed by atoms with Crippen LogP contribution in [0.4, 0.5) is 5.69 Å². The Morgan fingerprint density at radius 3 is 2.62 bits per heavy atom. The average Bonchev–Trinajstić information content (AvgIpc) is 3.17. The molecule has 152 valence electrons. The first kappa shape index (κ1) is 21.3. The van der Waals surface area contributed by atoms with Gasteiger partial charge in [-0.15, -0.1) is 0 Å². The summed E-state index contributed by atoms with van der Waals surface area (Å²) in [4.78, 5) is 36.6. The Hall–Kier alpha value is -2.37. The predicted octanol–water partition coefficient (Wildman–Crippen LogP) is 5.02. The van der Waals surface area contributed by atoms with Crippen molar-refractivity contribution >= 4 is 46.5 Å². The van der Waals surface area contributed by atoms with Crippen molar-refractivity contribution in [2.24, 2.45) is 0 Å². The highest BCUT2D eigenvalue weighted by Crippen LogP contribution is 2.29. The number of ketones is 1. The van der Waals surface area contributed by atoms with Crippen molar-refractivity contribution in [2.45, 2.75) is 45.1 Å². The molecular weight excluding hydrogens is 413 g/mol. The summed E-state index contributed by atoms with van der Waals surface area (Å²) in [5, 5.41) is 3.09. The van der Waals surface area contributed by atoms with E-state index in [0.717, 1.165) is 19.3 Å². The number of hydrogen-bond acceptors (Lipinski definition) is 4. The van der Waals surface area contributed by atoms with E-state index in [4.69, 9.17) is 27.9 Å². The number of benzene rings is 2. The number of anilines is 1. The third-order valence-electron chi connectivity index (χ3n) is 4.86. The van der Waals surface area contributed by atoms with Crippen LogP contribution in [-0.2, 0) is 27.2 Å². The summed E-state index contributed by atoms with van der Waals surface area (Å²) < 4.78 is 5.14. The molecule has 1 amide bonds. The van der Waals surface area contributed by atoms with Crippen LogP contribution in [0.2, 0.25) is 10.0 Å². The van der Waals surface area contributed by atoms with Crippen molar-refractivity contribution in [3.8, 4) is 0 Å². The molecule has 2 aromatic carbocycles. The minimum atomic E-state index is -1.03. The number of aryl methyl sites for hydroxylation is 2. The number of rotatable bonds is 7. The summed E-state index contributed by atoms with van der Waals surface area (Å²) in [5.74, 6) is -1.26. The number of fused-ring (bicyclic) bond motifs is 1. The number of carbonyl (C=O) groups is 3. The van der Waals surface area contributed by atoms with E-state index in [1.54, 1.807) is 18.2 Å². The molecule has 0 saturated carbocycles. The summed E-state index contributed by atoms with van der Waals surface area (Å²) in [6.45, 7) is 1.45. The van der Waals surface area contributed by atoms with Crippen molar-refractivity contribution in [2.75, 3.05) is 5.32 Å². The minimum absolute atomic E-state index is 0.0338. The van der Waals surface area contributed by atoms with Gasteiger partial charge in [0.1, 0.15) is 0 Å². The van der Waals surface area contributed by atoms with E-state index in [1.807, 2.05) is 18.2 Å². The van der Waals surface area contributed by atoms with Gasteiger partial charge in [0.25, 0.3) is 5.91 Å². The van der Waals surface area contributed by atoms with Crippen molar-refractivity contribution in [3.63, 3.8) is 0 Å². The lowest BCUT2D eigenvalue weighted by atomic mass is 10.0. The van der Waals surface area contributed by atoms with Gasteiger partial charge < -0.3 is 10.1 Å². The quantitative estimate of drug-likeness (QED) is 0.491. The molecule has 5 nitrogen and oxygen atoms in total. The summed E-state index contributed by atoms with van der Waals surface area (Å²) in [6.07, 6.45) is 2.06. The van der Waals surface area contributed by atoms with Gasteiger partial charge in [0, 0.05) is 12.0 Å². The molecule has 0 fully saturated rings.